The maximum atomic E-state index is 13.2. The van der Waals surface area contributed by atoms with Crippen LogP contribution >= 0.6 is 0 Å². The number of carbonyl (C=O) groups excluding carboxylic acids is 1. The summed E-state index contributed by atoms with van der Waals surface area (Å²) < 4.78 is 60.4. The lowest BCUT2D eigenvalue weighted by Crippen LogP contribution is -2.52. The van der Waals surface area contributed by atoms with E-state index >= 15 is 0 Å². The topological polar surface area (TPSA) is 101 Å². The number of aliphatic hydroxyl groups is 1. The Kier molecular flexibility index (Phi) is 3.97. The Balaban J connectivity index is 1.65. The zero-order chi connectivity index (χ0) is 17.0. The Bertz CT molecular complexity index is 602. The van der Waals surface area contributed by atoms with Gasteiger partial charge in [-0.25, -0.2) is 4.79 Å². The van der Waals surface area contributed by atoms with Gasteiger partial charge in [0.15, 0.2) is 0 Å². The molecule has 0 aliphatic heterocycles. The van der Waals surface area contributed by atoms with E-state index in [-0.39, 0.29) is 24.4 Å². The second kappa shape index (κ2) is 5.35. The molecule has 5 atom stereocenters. The highest BCUT2D eigenvalue weighted by Crippen LogP contribution is 2.56. The Labute approximate surface area is 132 Å². The summed E-state index contributed by atoms with van der Waals surface area (Å²) in [4.78, 5) is 11.3. The minimum atomic E-state index is -5.83. The van der Waals surface area contributed by atoms with Crippen LogP contribution in [0.15, 0.2) is 0 Å². The standard InChI is InChI=1S/C14H20F2O6S/c15-14(16,23(19,20)21)12(17)22-7-10-4-8-3-9-6-13(18,5-8)2-1-11(9)10/h8-11,18H,1-7H2,(H,19,20,21). The largest absolute Gasteiger partial charge is 0.465 e. The van der Waals surface area contributed by atoms with Crippen LogP contribution in [0.25, 0.3) is 0 Å². The van der Waals surface area contributed by atoms with Crippen molar-refractivity contribution in [1.82, 2.24) is 0 Å². The van der Waals surface area contributed by atoms with E-state index in [4.69, 9.17) is 4.55 Å². The van der Waals surface area contributed by atoms with Gasteiger partial charge in [-0.1, -0.05) is 0 Å². The van der Waals surface area contributed by atoms with E-state index < -0.39 is 26.9 Å². The minimum Gasteiger partial charge on any atom is -0.460 e. The molecule has 9 heteroatoms. The molecule has 132 valence electrons. The van der Waals surface area contributed by atoms with Crippen molar-refractivity contribution >= 4 is 16.1 Å². The van der Waals surface area contributed by atoms with E-state index in [0.29, 0.717) is 31.6 Å². The molecular formula is C14H20F2O6S. The smallest absolute Gasteiger partial charge is 0.460 e. The lowest BCUT2D eigenvalue weighted by atomic mass is 9.53. The van der Waals surface area contributed by atoms with Crippen LogP contribution in [0.3, 0.4) is 0 Å². The van der Waals surface area contributed by atoms with Crippen LogP contribution in [0.5, 0.6) is 0 Å². The summed E-state index contributed by atoms with van der Waals surface area (Å²) >= 11 is 0. The van der Waals surface area contributed by atoms with Gasteiger partial charge in [-0.2, -0.15) is 17.2 Å². The first kappa shape index (κ1) is 17.0. The molecule has 3 rings (SSSR count). The van der Waals surface area contributed by atoms with Gasteiger partial charge in [0.1, 0.15) is 0 Å². The quantitative estimate of drug-likeness (QED) is 0.587. The van der Waals surface area contributed by atoms with Gasteiger partial charge in [0.25, 0.3) is 0 Å². The van der Waals surface area contributed by atoms with Crippen LogP contribution in [0.4, 0.5) is 8.78 Å². The molecule has 3 fully saturated rings. The molecule has 0 heterocycles. The second-order valence-electron chi connectivity index (χ2n) is 7.28. The fourth-order valence-electron chi connectivity index (χ4n) is 4.87. The summed E-state index contributed by atoms with van der Waals surface area (Å²) in [7, 11) is -5.83. The van der Waals surface area contributed by atoms with Gasteiger partial charge in [-0.15, -0.1) is 0 Å². The van der Waals surface area contributed by atoms with Crippen molar-refractivity contribution in [3.8, 4) is 0 Å². The Hall–Kier alpha value is -0.800. The van der Waals surface area contributed by atoms with Crippen molar-refractivity contribution < 1.29 is 36.4 Å². The first-order chi connectivity index (χ1) is 10.5. The predicted octanol–water partition coefficient (Wildman–Crippen LogP) is 1.59. The molecular weight excluding hydrogens is 334 g/mol. The van der Waals surface area contributed by atoms with Gasteiger partial charge >= 0.3 is 21.3 Å². The molecule has 6 nitrogen and oxygen atoms in total. The van der Waals surface area contributed by atoms with E-state index in [2.05, 4.69) is 4.74 Å². The van der Waals surface area contributed by atoms with Crippen LogP contribution in [-0.4, -0.2) is 41.5 Å². The lowest BCUT2D eigenvalue weighted by Gasteiger charge is -2.55. The molecule has 0 aromatic heterocycles. The van der Waals surface area contributed by atoms with Gasteiger partial charge in [0.05, 0.1) is 12.2 Å². The molecule has 0 radical (unpaired) electrons. The number of hydrogen-bond donors (Lipinski definition) is 2. The Morgan fingerprint density at radius 1 is 1.30 bits per heavy atom. The van der Waals surface area contributed by atoms with Crippen LogP contribution in [0, 0.1) is 23.7 Å². The summed E-state index contributed by atoms with van der Waals surface area (Å²) in [5, 5.41) is 5.51. The molecule has 3 aliphatic rings. The first-order valence-electron chi connectivity index (χ1n) is 7.76. The summed E-state index contributed by atoms with van der Waals surface area (Å²) in [6.45, 7) is -0.278. The SMILES string of the molecule is O=C(OCC1CC2CC3CC(O)(CCC13)C2)C(F)(F)S(=O)(=O)O. The molecule has 23 heavy (non-hydrogen) atoms. The van der Waals surface area contributed by atoms with Gasteiger partial charge in [0, 0.05) is 0 Å². The van der Waals surface area contributed by atoms with Crippen molar-refractivity contribution in [2.45, 2.75) is 49.4 Å². The third kappa shape index (κ3) is 2.98. The summed E-state index contributed by atoms with van der Waals surface area (Å²) in [5.41, 5.74) is -0.607. The number of carbonyl (C=O) groups is 1. The summed E-state index contributed by atoms with van der Waals surface area (Å²) in [6, 6.07) is 0. The fourth-order valence-corrected chi connectivity index (χ4v) is 5.14. The van der Waals surface area contributed by atoms with Crippen LogP contribution < -0.4 is 0 Å². The maximum Gasteiger partial charge on any atom is 0.465 e. The zero-order valence-corrected chi connectivity index (χ0v) is 13.3. The van der Waals surface area contributed by atoms with Crippen LogP contribution in [0.1, 0.15) is 38.5 Å². The molecule has 3 saturated carbocycles. The molecule has 0 aromatic carbocycles. The van der Waals surface area contributed by atoms with Crippen molar-refractivity contribution in [2.24, 2.45) is 23.7 Å². The highest BCUT2D eigenvalue weighted by atomic mass is 32.2. The second-order valence-corrected chi connectivity index (χ2v) is 8.75. The fraction of sp³-hybridized carbons (Fsp3) is 0.929. The maximum absolute atomic E-state index is 13.2. The number of ether oxygens (including phenoxy) is 1. The van der Waals surface area contributed by atoms with Gasteiger partial charge in [-0.05, 0) is 62.2 Å². The van der Waals surface area contributed by atoms with Crippen molar-refractivity contribution in [3.05, 3.63) is 0 Å². The van der Waals surface area contributed by atoms with Gasteiger partial charge in [0.2, 0.25) is 0 Å². The number of rotatable bonds is 4. The minimum absolute atomic E-state index is 0.107. The lowest BCUT2D eigenvalue weighted by molar-refractivity contribution is -0.169. The molecule has 0 saturated heterocycles. The third-order valence-corrected chi connectivity index (χ3v) is 6.54. The summed E-state index contributed by atoms with van der Waals surface area (Å²) in [6.07, 6.45) is 4.47. The molecule has 5 unspecified atom stereocenters. The Morgan fingerprint density at radius 2 is 2.00 bits per heavy atom. The Morgan fingerprint density at radius 3 is 2.65 bits per heavy atom. The van der Waals surface area contributed by atoms with Crippen molar-refractivity contribution in [1.29, 1.82) is 0 Å². The molecule has 2 N–H and O–H groups in total. The zero-order valence-electron chi connectivity index (χ0n) is 12.5. The van der Waals surface area contributed by atoms with E-state index in [0.717, 1.165) is 12.8 Å². The highest BCUT2D eigenvalue weighted by Gasteiger charge is 2.55. The average molecular weight is 354 g/mol. The predicted molar refractivity (Wildman–Crippen MR) is 74.1 cm³/mol. The van der Waals surface area contributed by atoms with E-state index in [1.165, 1.54) is 0 Å². The van der Waals surface area contributed by atoms with E-state index in [1.54, 1.807) is 0 Å². The monoisotopic (exact) mass is 354 g/mol. The van der Waals surface area contributed by atoms with Crippen LogP contribution in [0.2, 0.25) is 0 Å². The average Bonchev–Trinajstić information content (AvgIpc) is 2.40. The van der Waals surface area contributed by atoms with Crippen LogP contribution in [-0.2, 0) is 19.6 Å². The third-order valence-electron chi connectivity index (χ3n) is 5.73. The number of fused-ring (bicyclic) bond motifs is 2. The normalized spacial score (nSPS) is 40.0. The molecule has 3 aliphatic carbocycles. The summed E-state index contributed by atoms with van der Waals surface area (Å²) in [5.74, 6) is -1.57. The first-order valence-corrected chi connectivity index (χ1v) is 9.20. The van der Waals surface area contributed by atoms with Crippen molar-refractivity contribution in [3.63, 3.8) is 0 Å². The van der Waals surface area contributed by atoms with Gasteiger partial charge < -0.3 is 9.84 Å². The van der Waals surface area contributed by atoms with E-state index in [1.807, 2.05) is 0 Å². The molecule has 0 spiro atoms. The molecule has 3 bridgehead atoms. The number of esters is 1. The molecule has 0 amide bonds. The number of alkyl halides is 2. The number of hydrogen-bond acceptors (Lipinski definition) is 5. The molecule has 0 aromatic rings. The van der Waals surface area contributed by atoms with Gasteiger partial charge in [-0.3, -0.25) is 4.55 Å². The highest BCUT2D eigenvalue weighted by molar-refractivity contribution is 7.87. The number of halogens is 2. The van der Waals surface area contributed by atoms with E-state index in [9.17, 15) is 27.1 Å². The van der Waals surface area contributed by atoms with Crippen molar-refractivity contribution in [2.75, 3.05) is 6.61 Å².